The highest BCUT2D eigenvalue weighted by atomic mass is 16.5. The quantitative estimate of drug-likeness (QED) is 0.280. The van der Waals surface area contributed by atoms with Crippen LogP contribution in [0.2, 0.25) is 0 Å². The maximum Gasteiger partial charge on any atom is 0.246 e. The summed E-state index contributed by atoms with van der Waals surface area (Å²) >= 11 is 0. The highest BCUT2D eigenvalue weighted by Crippen LogP contribution is 2.38. The van der Waals surface area contributed by atoms with E-state index < -0.39 is 0 Å². The van der Waals surface area contributed by atoms with E-state index in [1.807, 2.05) is 48.2 Å². The molecule has 11 heteroatoms. The van der Waals surface area contributed by atoms with Crippen molar-refractivity contribution in [2.45, 2.75) is 50.8 Å². The van der Waals surface area contributed by atoms with Crippen LogP contribution in [0.4, 0.5) is 11.5 Å². The lowest BCUT2D eigenvalue weighted by molar-refractivity contribution is -0.131. The van der Waals surface area contributed by atoms with Crippen LogP contribution >= 0.6 is 0 Å². The number of nitrogens with zero attached hydrogens (tertiary/aromatic N) is 7. The molecule has 2 fully saturated rings. The average molecular weight is 549 g/mol. The van der Waals surface area contributed by atoms with Crippen molar-refractivity contribution in [3.05, 3.63) is 79.7 Å². The predicted molar refractivity (Wildman–Crippen MR) is 152 cm³/mol. The third-order valence-corrected chi connectivity index (χ3v) is 7.83. The molecule has 7 rings (SSSR count). The second kappa shape index (κ2) is 10.2. The van der Waals surface area contributed by atoms with Crippen molar-refractivity contribution in [2.24, 2.45) is 0 Å². The lowest BCUT2D eigenvalue weighted by atomic mass is 9.99. The summed E-state index contributed by atoms with van der Waals surface area (Å²) in [5, 5.41) is 8.34. The number of benzene rings is 2. The van der Waals surface area contributed by atoms with Gasteiger partial charge in [-0.15, -0.1) is 0 Å². The van der Waals surface area contributed by atoms with E-state index in [4.69, 9.17) is 9.47 Å². The Balaban J connectivity index is 1.08. The Morgan fingerprint density at radius 1 is 1.02 bits per heavy atom. The number of hydrogen-bond acceptors (Lipinski definition) is 9. The van der Waals surface area contributed by atoms with E-state index in [0.29, 0.717) is 23.1 Å². The van der Waals surface area contributed by atoms with Crippen LogP contribution in [-0.4, -0.2) is 58.5 Å². The summed E-state index contributed by atoms with van der Waals surface area (Å²) < 4.78 is 14.0. The van der Waals surface area contributed by atoms with Crippen LogP contribution in [-0.2, 0) is 4.79 Å². The minimum atomic E-state index is 0.0226. The van der Waals surface area contributed by atoms with Gasteiger partial charge < -0.3 is 19.7 Å². The zero-order valence-corrected chi connectivity index (χ0v) is 22.5. The number of amides is 1. The maximum atomic E-state index is 12.3. The highest BCUT2D eigenvalue weighted by molar-refractivity contribution is 5.91. The molecule has 3 aromatic heterocycles. The molecule has 0 saturated carbocycles. The maximum absolute atomic E-state index is 12.3. The molecular formula is C30H28N8O3. The number of piperidine rings is 1. The summed E-state index contributed by atoms with van der Waals surface area (Å²) in [7, 11) is 0. The Kier molecular flexibility index (Phi) is 6.18. The van der Waals surface area contributed by atoms with E-state index >= 15 is 0 Å². The van der Waals surface area contributed by atoms with Gasteiger partial charge in [0.25, 0.3) is 0 Å². The SMILES string of the molecule is C=CC(=O)N1C2CCC1CC(Oc1ccc3ncnc(Nc4ccc(Oc5cc6ncnn6cn5)c(C)c4)c3c1)C2. The minimum Gasteiger partial charge on any atom is -0.490 e. The molecule has 2 aliphatic heterocycles. The van der Waals surface area contributed by atoms with Crippen molar-refractivity contribution in [3.8, 4) is 17.4 Å². The number of carbonyl (C=O) groups excluding carboxylic acids is 1. The monoisotopic (exact) mass is 548 g/mol. The summed E-state index contributed by atoms with van der Waals surface area (Å²) in [5.74, 6) is 2.59. The molecule has 1 N–H and O–H groups in total. The predicted octanol–water partition coefficient (Wildman–Crippen LogP) is 5.00. The fourth-order valence-corrected chi connectivity index (χ4v) is 5.95. The molecule has 5 heterocycles. The lowest BCUT2D eigenvalue weighted by Gasteiger charge is -2.38. The van der Waals surface area contributed by atoms with E-state index in [2.05, 4.69) is 36.9 Å². The van der Waals surface area contributed by atoms with E-state index in [1.165, 1.54) is 12.4 Å². The van der Waals surface area contributed by atoms with Gasteiger partial charge in [0.1, 0.15) is 42.4 Å². The number of aromatic nitrogens is 6. The smallest absolute Gasteiger partial charge is 0.246 e. The topological polar surface area (TPSA) is 120 Å². The molecule has 0 radical (unpaired) electrons. The molecule has 5 aromatic rings. The van der Waals surface area contributed by atoms with Gasteiger partial charge in [0, 0.05) is 42.1 Å². The lowest BCUT2D eigenvalue weighted by Crippen LogP contribution is -2.48. The zero-order chi connectivity index (χ0) is 27.9. The van der Waals surface area contributed by atoms with Crippen molar-refractivity contribution in [3.63, 3.8) is 0 Å². The third-order valence-electron chi connectivity index (χ3n) is 7.83. The average Bonchev–Trinajstić information content (AvgIpc) is 3.55. The molecule has 206 valence electrons. The molecule has 0 spiro atoms. The Labute approximate surface area is 235 Å². The molecule has 1 amide bonds. The Hall–Kier alpha value is -5.06. The van der Waals surface area contributed by atoms with Crippen LogP contribution in [0.5, 0.6) is 17.4 Å². The first-order valence-corrected chi connectivity index (χ1v) is 13.6. The van der Waals surface area contributed by atoms with Crippen LogP contribution in [0.15, 0.2) is 74.1 Å². The Bertz CT molecular complexity index is 1770. The van der Waals surface area contributed by atoms with Crippen molar-refractivity contribution in [1.82, 2.24) is 34.4 Å². The van der Waals surface area contributed by atoms with Gasteiger partial charge in [0.2, 0.25) is 11.8 Å². The number of ether oxygens (including phenoxy) is 2. The summed E-state index contributed by atoms with van der Waals surface area (Å²) in [6.45, 7) is 5.64. The Morgan fingerprint density at radius 3 is 2.68 bits per heavy atom. The largest absolute Gasteiger partial charge is 0.490 e. The fourth-order valence-electron chi connectivity index (χ4n) is 5.95. The van der Waals surface area contributed by atoms with Crippen molar-refractivity contribution in [1.29, 1.82) is 0 Å². The van der Waals surface area contributed by atoms with Gasteiger partial charge in [0.15, 0.2) is 5.65 Å². The number of carbonyl (C=O) groups is 1. The summed E-state index contributed by atoms with van der Waals surface area (Å²) in [4.78, 5) is 31.7. The minimum absolute atomic E-state index is 0.0226. The van der Waals surface area contributed by atoms with Crippen molar-refractivity contribution < 1.29 is 14.3 Å². The number of aryl methyl sites for hydroxylation is 1. The van der Waals surface area contributed by atoms with E-state index in [9.17, 15) is 4.79 Å². The number of hydrogen-bond donors (Lipinski definition) is 1. The van der Waals surface area contributed by atoms with Gasteiger partial charge in [-0.3, -0.25) is 4.79 Å². The van der Waals surface area contributed by atoms with E-state index in [1.54, 1.807) is 23.2 Å². The third kappa shape index (κ3) is 4.79. The fraction of sp³-hybridized carbons (Fsp3) is 0.267. The van der Waals surface area contributed by atoms with Gasteiger partial charge in [-0.25, -0.2) is 24.5 Å². The molecule has 2 bridgehead atoms. The van der Waals surface area contributed by atoms with Crippen molar-refractivity contribution in [2.75, 3.05) is 5.32 Å². The summed E-state index contributed by atoms with van der Waals surface area (Å²) in [5.41, 5.74) is 3.26. The van der Waals surface area contributed by atoms with Crippen LogP contribution in [0.3, 0.4) is 0 Å². The first-order valence-electron chi connectivity index (χ1n) is 13.6. The van der Waals surface area contributed by atoms with Gasteiger partial charge in [-0.05, 0) is 67.8 Å². The van der Waals surface area contributed by atoms with Crippen LogP contribution < -0.4 is 14.8 Å². The molecular weight excluding hydrogens is 520 g/mol. The molecule has 2 aliphatic rings. The first kappa shape index (κ1) is 24.9. The highest BCUT2D eigenvalue weighted by Gasteiger charge is 2.43. The summed E-state index contributed by atoms with van der Waals surface area (Å²) in [6, 6.07) is 13.9. The van der Waals surface area contributed by atoms with E-state index in [-0.39, 0.29) is 24.1 Å². The number of rotatable bonds is 7. The second-order valence-corrected chi connectivity index (χ2v) is 10.4. The molecule has 0 aliphatic carbocycles. The van der Waals surface area contributed by atoms with Crippen LogP contribution in [0.1, 0.15) is 31.2 Å². The molecule has 41 heavy (non-hydrogen) atoms. The normalized spacial score (nSPS) is 19.8. The summed E-state index contributed by atoms with van der Waals surface area (Å²) in [6.07, 6.45) is 9.73. The number of anilines is 2. The molecule has 2 aromatic carbocycles. The van der Waals surface area contributed by atoms with Crippen molar-refractivity contribution >= 4 is 34.0 Å². The van der Waals surface area contributed by atoms with Crippen LogP contribution in [0, 0.1) is 6.92 Å². The van der Waals surface area contributed by atoms with Gasteiger partial charge >= 0.3 is 0 Å². The zero-order valence-electron chi connectivity index (χ0n) is 22.5. The van der Waals surface area contributed by atoms with Crippen LogP contribution in [0.25, 0.3) is 16.6 Å². The van der Waals surface area contributed by atoms with Gasteiger partial charge in [-0.1, -0.05) is 6.58 Å². The first-order chi connectivity index (χ1) is 20.0. The van der Waals surface area contributed by atoms with Gasteiger partial charge in [-0.2, -0.15) is 5.10 Å². The Morgan fingerprint density at radius 2 is 1.88 bits per heavy atom. The second-order valence-electron chi connectivity index (χ2n) is 10.4. The number of nitrogens with one attached hydrogen (secondary N) is 1. The molecule has 2 unspecified atom stereocenters. The standard InChI is InChI=1S/C30H28N8O3/c1-3-29(39)38-20-5-6-21(38)12-23(11-20)40-22-7-8-25-24(13-22)30(33-15-31-25)36-19-4-9-26(18(2)10-19)41-28-14-27-32-16-35-37(27)17-34-28/h3-4,7-10,13-17,20-21,23H,1,5-6,11-12H2,2H3,(H,31,33,36). The molecule has 2 saturated heterocycles. The number of fused-ring (bicyclic) bond motifs is 4. The molecule has 11 nitrogen and oxygen atoms in total. The van der Waals surface area contributed by atoms with Gasteiger partial charge in [0.05, 0.1) is 5.52 Å². The van der Waals surface area contributed by atoms with E-state index in [0.717, 1.165) is 53.6 Å². The molecule has 2 atom stereocenters.